The molecule has 0 amide bonds. The van der Waals surface area contributed by atoms with Crippen LogP contribution in [0.5, 0.6) is 0 Å². The van der Waals surface area contributed by atoms with Gasteiger partial charge in [-0.25, -0.2) is 8.42 Å². The monoisotopic (exact) mass is 308 g/mol. The molecule has 7 heteroatoms. The highest BCUT2D eigenvalue weighted by molar-refractivity contribution is 7.91. The van der Waals surface area contributed by atoms with Crippen LogP contribution in [0.4, 0.5) is 0 Å². The van der Waals surface area contributed by atoms with Gasteiger partial charge in [-0.05, 0) is 37.8 Å². The molecular weight excluding hydrogens is 292 g/mol. The number of hydrogen-bond donors (Lipinski definition) is 1. The third-order valence-electron chi connectivity index (χ3n) is 3.38. The molecule has 0 bridgehead atoms. The molecule has 2 N–H and O–H groups in total. The van der Waals surface area contributed by atoms with Crippen LogP contribution in [0, 0.1) is 5.92 Å². The van der Waals surface area contributed by atoms with Crippen molar-refractivity contribution in [2.75, 3.05) is 13.1 Å². The van der Waals surface area contributed by atoms with Gasteiger partial charge in [-0.15, -0.1) is 11.3 Å². The van der Waals surface area contributed by atoms with Crippen LogP contribution in [-0.2, 0) is 10.0 Å². The Morgan fingerprint density at radius 2 is 2.06 bits per heavy atom. The number of thiophene rings is 1. The Hall–Kier alpha value is -0.140. The SMILES string of the molecule is CC(N)C1CCN(S(=O)(=O)c2ccc(Cl)s2)CC1. The Labute approximate surface area is 117 Å². The number of nitrogens with two attached hydrogens (primary N) is 1. The zero-order chi connectivity index (χ0) is 13.3. The lowest BCUT2D eigenvalue weighted by Crippen LogP contribution is -2.42. The molecule has 0 aliphatic carbocycles. The zero-order valence-corrected chi connectivity index (χ0v) is 12.6. The van der Waals surface area contributed by atoms with E-state index in [1.165, 1.54) is 4.31 Å². The number of sulfonamides is 1. The summed E-state index contributed by atoms with van der Waals surface area (Å²) in [7, 11) is -3.36. The van der Waals surface area contributed by atoms with Crippen LogP contribution in [0.15, 0.2) is 16.3 Å². The van der Waals surface area contributed by atoms with Crippen molar-refractivity contribution >= 4 is 33.0 Å². The Kier molecular flexibility index (Phi) is 4.33. The maximum atomic E-state index is 12.3. The Balaban J connectivity index is 2.09. The second kappa shape index (κ2) is 5.46. The highest BCUT2D eigenvalue weighted by atomic mass is 35.5. The maximum absolute atomic E-state index is 12.3. The van der Waals surface area contributed by atoms with Crippen LogP contribution in [0.2, 0.25) is 4.34 Å². The zero-order valence-electron chi connectivity index (χ0n) is 10.2. The van der Waals surface area contributed by atoms with Crippen molar-refractivity contribution in [1.29, 1.82) is 0 Å². The minimum Gasteiger partial charge on any atom is -0.328 e. The summed E-state index contributed by atoms with van der Waals surface area (Å²) in [5.74, 6) is 0.420. The average Bonchev–Trinajstić information content (AvgIpc) is 2.76. The molecule has 1 unspecified atom stereocenters. The van der Waals surface area contributed by atoms with Gasteiger partial charge in [-0.2, -0.15) is 4.31 Å². The molecule has 1 aromatic rings. The van der Waals surface area contributed by atoms with Crippen molar-refractivity contribution in [2.24, 2.45) is 11.7 Å². The summed E-state index contributed by atoms with van der Waals surface area (Å²) in [4.78, 5) is 0. The van der Waals surface area contributed by atoms with Crippen molar-refractivity contribution < 1.29 is 8.42 Å². The van der Waals surface area contributed by atoms with Crippen molar-refractivity contribution in [2.45, 2.75) is 30.0 Å². The second-order valence-corrected chi connectivity index (χ2v) is 8.54. The van der Waals surface area contributed by atoms with Gasteiger partial charge in [-0.1, -0.05) is 11.6 Å². The van der Waals surface area contributed by atoms with Crippen molar-refractivity contribution in [3.05, 3.63) is 16.5 Å². The molecular formula is C11H17ClN2O2S2. The lowest BCUT2D eigenvalue weighted by Gasteiger charge is -2.32. The fourth-order valence-corrected chi connectivity index (χ4v) is 5.31. The Morgan fingerprint density at radius 1 is 1.44 bits per heavy atom. The molecule has 1 aliphatic heterocycles. The third-order valence-corrected chi connectivity index (χ3v) is 6.98. The van der Waals surface area contributed by atoms with E-state index < -0.39 is 10.0 Å². The number of hydrogen-bond acceptors (Lipinski definition) is 4. The molecule has 2 rings (SSSR count). The molecule has 2 heterocycles. The van der Waals surface area contributed by atoms with E-state index in [-0.39, 0.29) is 6.04 Å². The first kappa shape index (κ1) is 14.3. The van der Waals surface area contributed by atoms with Crippen LogP contribution in [0.1, 0.15) is 19.8 Å². The third kappa shape index (κ3) is 2.88. The Bertz CT molecular complexity index is 505. The molecule has 102 valence electrons. The second-order valence-electron chi connectivity index (χ2n) is 4.66. The van der Waals surface area contributed by atoms with Gasteiger partial charge in [0.25, 0.3) is 10.0 Å². The maximum Gasteiger partial charge on any atom is 0.252 e. The van der Waals surface area contributed by atoms with Crippen molar-refractivity contribution in [3.63, 3.8) is 0 Å². The van der Waals surface area contributed by atoms with E-state index in [1.54, 1.807) is 12.1 Å². The molecule has 0 spiro atoms. The van der Waals surface area contributed by atoms with Crippen LogP contribution in [0.25, 0.3) is 0 Å². The van der Waals surface area contributed by atoms with E-state index in [4.69, 9.17) is 17.3 Å². The molecule has 1 aliphatic rings. The van der Waals surface area contributed by atoms with Gasteiger partial charge in [-0.3, -0.25) is 0 Å². The topological polar surface area (TPSA) is 63.4 Å². The minimum absolute atomic E-state index is 0.131. The smallest absolute Gasteiger partial charge is 0.252 e. The first-order chi connectivity index (χ1) is 8.41. The molecule has 1 aromatic heterocycles. The van der Waals surface area contributed by atoms with Crippen LogP contribution in [-0.4, -0.2) is 31.9 Å². The summed E-state index contributed by atoms with van der Waals surface area (Å²) >= 11 is 6.90. The van der Waals surface area contributed by atoms with E-state index in [0.717, 1.165) is 24.2 Å². The quantitative estimate of drug-likeness (QED) is 0.930. The first-order valence-corrected chi connectivity index (χ1v) is 8.56. The Morgan fingerprint density at radius 3 is 2.50 bits per heavy atom. The summed E-state index contributed by atoms with van der Waals surface area (Å²) in [6.07, 6.45) is 1.66. The highest BCUT2D eigenvalue weighted by Gasteiger charge is 2.31. The van der Waals surface area contributed by atoms with E-state index in [0.29, 0.717) is 27.6 Å². The van der Waals surface area contributed by atoms with Gasteiger partial charge in [0, 0.05) is 19.1 Å². The van der Waals surface area contributed by atoms with Crippen LogP contribution >= 0.6 is 22.9 Å². The van der Waals surface area contributed by atoms with Crippen LogP contribution in [0.3, 0.4) is 0 Å². The fraction of sp³-hybridized carbons (Fsp3) is 0.636. The van der Waals surface area contributed by atoms with Gasteiger partial charge in [0.05, 0.1) is 4.34 Å². The van der Waals surface area contributed by atoms with Gasteiger partial charge in [0.2, 0.25) is 0 Å². The number of nitrogens with zero attached hydrogens (tertiary/aromatic N) is 1. The van der Waals surface area contributed by atoms with Gasteiger partial charge < -0.3 is 5.73 Å². The highest BCUT2D eigenvalue weighted by Crippen LogP contribution is 2.30. The first-order valence-electron chi connectivity index (χ1n) is 5.92. The van der Waals surface area contributed by atoms with Gasteiger partial charge in [0.15, 0.2) is 0 Å². The summed E-state index contributed by atoms with van der Waals surface area (Å²) in [5, 5.41) is 0. The van der Waals surface area contributed by atoms with E-state index in [1.807, 2.05) is 6.92 Å². The molecule has 0 saturated carbocycles. The molecule has 4 nitrogen and oxygen atoms in total. The van der Waals surface area contributed by atoms with Crippen LogP contribution < -0.4 is 5.73 Å². The summed E-state index contributed by atoms with van der Waals surface area (Å²) in [5.41, 5.74) is 5.85. The number of halogens is 1. The van der Waals surface area contributed by atoms with Crippen molar-refractivity contribution in [3.8, 4) is 0 Å². The lowest BCUT2D eigenvalue weighted by molar-refractivity contribution is 0.251. The van der Waals surface area contributed by atoms with Crippen molar-refractivity contribution in [1.82, 2.24) is 4.31 Å². The average molecular weight is 309 g/mol. The minimum atomic E-state index is -3.36. The van der Waals surface area contributed by atoms with Gasteiger partial charge >= 0.3 is 0 Å². The molecule has 0 aromatic carbocycles. The van der Waals surface area contributed by atoms with E-state index in [9.17, 15) is 8.42 Å². The molecule has 0 radical (unpaired) electrons. The number of piperidine rings is 1. The predicted molar refractivity (Wildman–Crippen MR) is 74.5 cm³/mol. The predicted octanol–water partition coefficient (Wildman–Crippen LogP) is 2.15. The summed E-state index contributed by atoms with van der Waals surface area (Å²) in [6.45, 7) is 3.07. The normalized spacial score (nSPS) is 21.1. The fourth-order valence-electron chi connectivity index (χ4n) is 2.21. The summed E-state index contributed by atoms with van der Waals surface area (Å²) in [6, 6.07) is 3.32. The summed E-state index contributed by atoms with van der Waals surface area (Å²) < 4.78 is 27.0. The number of rotatable bonds is 3. The molecule has 1 fully saturated rings. The molecule has 1 atom stereocenters. The van der Waals surface area contributed by atoms with Gasteiger partial charge in [0.1, 0.15) is 4.21 Å². The largest absolute Gasteiger partial charge is 0.328 e. The lowest BCUT2D eigenvalue weighted by atomic mass is 9.92. The molecule has 18 heavy (non-hydrogen) atoms. The van der Waals surface area contributed by atoms with E-state index >= 15 is 0 Å². The standard InChI is InChI=1S/C11H17ClN2O2S2/c1-8(13)9-4-6-14(7-5-9)18(15,16)11-3-2-10(12)17-11/h2-3,8-9H,4-7,13H2,1H3. The molecule has 1 saturated heterocycles. The van der Waals surface area contributed by atoms with E-state index in [2.05, 4.69) is 0 Å².